The molecule has 0 saturated carbocycles. The zero-order chi connectivity index (χ0) is 20.6. The maximum Gasteiger partial charge on any atom is 0.409 e. The average Bonchev–Trinajstić information content (AvgIpc) is 2.78. The topological polar surface area (TPSA) is 67.9 Å². The van der Waals surface area contributed by atoms with Crippen molar-refractivity contribution in [2.45, 2.75) is 26.2 Å². The molecule has 154 valence electrons. The van der Waals surface area contributed by atoms with E-state index in [0.29, 0.717) is 19.7 Å². The number of benzene rings is 2. The van der Waals surface area contributed by atoms with Crippen LogP contribution in [0.3, 0.4) is 0 Å². The highest BCUT2D eigenvalue weighted by atomic mass is 16.6. The predicted molar refractivity (Wildman–Crippen MR) is 113 cm³/mol. The molecule has 1 fully saturated rings. The highest BCUT2D eigenvalue weighted by Crippen LogP contribution is 2.26. The fourth-order valence-electron chi connectivity index (χ4n) is 3.43. The van der Waals surface area contributed by atoms with Gasteiger partial charge in [0.2, 0.25) is 5.91 Å². The Kier molecular flexibility index (Phi) is 7.11. The van der Waals surface area contributed by atoms with Crippen LogP contribution in [0, 0.1) is 5.92 Å². The number of likely N-dealkylation sites (tertiary alicyclic amines) is 1. The minimum Gasteiger partial charge on any atom is -0.497 e. The number of nitrogens with one attached hydrogen (secondary N) is 1. The van der Waals surface area contributed by atoms with Crippen molar-refractivity contribution in [3.05, 3.63) is 48.5 Å². The Balaban J connectivity index is 1.59. The van der Waals surface area contributed by atoms with Crippen LogP contribution in [0.25, 0.3) is 11.1 Å². The van der Waals surface area contributed by atoms with Gasteiger partial charge in [-0.15, -0.1) is 0 Å². The molecule has 2 amide bonds. The molecule has 2 aromatic carbocycles. The van der Waals surface area contributed by atoms with E-state index < -0.39 is 0 Å². The van der Waals surface area contributed by atoms with Crippen molar-refractivity contribution in [2.75, 3.05) is 32.1 Å². The molecule has 1 aliphatic rings. The number of amides is 2. The summed E-state index contributed by atoms with van der Waals surface area (Å²) < 4.78 is 10.5. The van der Waals surface area contributed by atoms with Crippen molar-refractivity contribution >= 4 is 17.7 Å². The number of anilines is 1. The van der Waals surface area contributed by atoms with Crippen molar-refractivity contribution in [3.8, 4) is 16.9 Å². The fraction of sp³-hybridized carbons (Fsp3) is 0.391. The zero-order valence-electron chi connectivity index (χ0n) is 17.0. The standard InChI is InChI=1S/C23H28N2O4/c1-3-14-29-23(27)25-13-5-7-19(16-25)22(26)24-20-11-9-17(10-12-20)18-6-4-8-21(15-18)28-2/h4,6,8-12,15,19H,3,5,7,13-14,16H2,1-2H3,(H,24,26)/t19-/m0/s1. The first-order chi connectivity index (χ1) is 14.1. The average molecular weight is 396 g/mol. The maximum absolute atomic E-state index is 12.7. The molecule has 1 atom stereocenters. The summed E-state index contributed by atoms with van der Waals surface area (Å²) in [5.41, 5.74) is 2.84. The number of hydrogen-bond acceptors (Lipinski definition) is 4. The molecule has 0 radical (unpaired) electrons. The van der Waals surface area contributed by atoms with E-state index >= 15 is 0 Å². The molecule has 1 saturated heterocycles. The summed E-state index contributed by atoms with van der Waals surface area (Å²) in [6.45, 7) is 3.41. The van der Waals surface area contributed by atoms with Crippen LogP contribution in [-0.4, -0.2) is 43.7 Å². The van der Waals surface area contributed by atoms with Gasteiger partial charge in [0.1, 0.15) is 5.75 Å². The number of carbonyl (C=O) groups is 2. The number of carbonyl (C=O) groups excluding carboxylic acids is 2. The molecular weight excluding hydrogens is 368 g/mol. The Morgan fingerprint density at radius 3 is 2.66 bits per heavy atom. The molecule has 0 aromatic heterocycles. The van der Waals surface area contributed by atoms with E-state index in [1.165, 1.54) is 0 Å². The molecule has 2 aromatic rings. The Labute approximate surface area is 171 Å². The van der Waals surface area contributed by atoms with Gasteiger partial charge in [0.05, 0.1) is 19.6 Å². The van der Waals surface area contributed by atoms with Crippen LogP contribution in [0.5, 0.6) is 5.75 Å². The Hall–Kier alpha value is -3.02. The van der Waals surface area contributed by atoms with Gasteiger partial charge in [-0.1, -0.05) is 31.2 Å². The summed E-state index contributed by atoms with van der Waals surface area (Å²) >= 11 is 0. The van der Waals surface area contributed by atoms with Gasteiger partial charge in [-0.25, -0.2) is 4.79 Å². The SMILES string of the molecule is CCCOC(=O)N1CCC[C@H](C(=O)Nc2ccc(-c3cccc(OC)c3)cc2)C1. The van der Waals surface area contributed by atoms with Crippen LogP contribution in [0.1, 0.15) is 26.2 Å². The van der Waals surface area contributed by atoms with E-state index in [0.717, 1.165) is 41.8 Å². The maximum atomic E-state index is 12.7. The van der Waals surface area contributed by atoms with Crippen molar-refractivity contribution in [3.63, 3.8) is 0 Å². The number of hydrogen-bond donors (Lipinski definition) is 1. The highest BCUT2D eigenvalue weighted by Gasteiger charge is 2.29. The van der Waals surface area contributed by atoms with Crippen LogP contribution in [-0.2, 0) is 9.53 Å². The van der Waals surface area contributed by atoms with E-state index in [1.54, 1.807) is 12.0 Å². The lowest BCUT2D eigenvalue weighted by molar-refractivity contribution is -0.121. The second kappa shape index (κ2) is 9.96. The van der Waals surface area contributed by atoms with Crippen LogP contribution in [0.4, 0.5) is 10.5 Å². The highest BCUT2D eigenvalue weighted by molar-refractivity contribution is 5.93. The fourth-order valence-corrected chi connectivity index (χ4v) is 3.43. The Morgan fingerprint density at radius 1 is 1.14 bits per heavy atom. The third kappa shape index (κ3) is 5.50. The van der Waals surface area contributed by atoms with Gasteiger partial charge in [0, 0.05) is 18.8 Å². The lowest BCUT2D eigenvalue weighted by atomic mass is 9.97. The number of methoxy groups -OCH3 is 1. The molecule has 1 aliphatic heterocycles. The molecular formula is C23H28N2O4. The van der Waals surface area contributed by atoms with Gasteiger partial charge in [0.15, 0.2) is 0 Å². The number of rotatable bonds is 6. The minimum absolute atomic E-state index is 0.0629. The molecule has 1 N–H and O–H groups in total. The lowest BCUT2D eigenvalue weighted by Gasteiger charge is -2.31. The normalized spacial score (nSPS) is 16.2. The van der Waals surface area contributed by atoms with Crippen molar-refractivity contribution in [2.24, 2.45) is 5.92 Å². The smallest absolute Gasteiger partial charge is 0.409 e. The van der Waals surface area contributed by atoms with Crippen LogP contribution in [0.2, 0.25) is 0 Å². The second-order valence-corrected chi connectivity index (χ2v) is 7.20. The predicted octanol–water partition coefficient (Wildman–Crippen LogP) is 4.56. The molecule has 29 heavy (non-hydrogen) atoms. The van der Waals surface area contributed by atoms with E-state index in [2.05, 4.69) is 5.32 Å². The molecule has 3 rings (SSSR count). The summed E-state index contributed by atoms with van der Waals surface area (Å²) in [7, 11) is 1.65. The summed E-state index contributed by atoms with van der Waals surface area (Å²) in [6, 6.07) is 15.6. The number of piperidine rings is 1. The van der Waals surface area contributed by atoms with Gasteiger partial charge >= 0.3 is 6.09 Å². The first-order valence-corrected chi connectivity index (χ1v) is 10.1. The van der Waals surface area contributed by atoms with Crippen LogP contribution < -0.4 is 10.1 Å². The molecule has 0 spiro atoms. The van der Waals surface area contributed by atoms with Gasteiger partial charge < -0.3 is 19.7 Å². The third-order valence-electron chi connectivity index (χ3n) is 5.04. The molecule has 6 nitrogen and oxygen atoms in total. The Morgan fingerprint density at radius 2 is 1.93 bits per heavy atom. The molecule has 6 heteroatoms. The van der Waals surface area contributed by atoms with Crippen LogP contribution >= 0.6 is 0 Å². The van der Waals surface area contributed by atoms with E-state index in [4.69, 9.17) is 9.47 Å². The lowest BCUT2D eigenvalue weighted by Crippen LogP contribution is -2.44. The zero-order valence-corrected chi connectivity index (χ0v) is 17.0. The molecule has 1 heterocycles. The monoisotopic (exact) mass is 396 g/mol. The third-order valence-corrected chi connectivity index (χ3v) is 5.04. The quantitative estimate of drug-likeness (QED) is 0.777. The molecule has 0 aliphatic carbocycles. The van der Waals surface area contributed by atoms with E-state index in [1.807, 2.05) is 55.5 Å². The summed E-state index contributed by atoms with van der Waals surface area (Å²) in [6.07, 6.45) is 2.03. The van der Waals surface area contributed by atoms with Gasteiger partial charge in [-0.05, 0) is 54.7 Å². The molecule has 0 bridgehead atoms. The van der Waals surface area contributed by atoms with E-state index in [9.17, 15) is 9.59 Å². The van der Waals surface area contributed by atoms with Crippen molar-refractivity contribution in [1.82, 2.24) is 4.90 Å². The van der Waals surface area contributed by atoms with Crippen LogP contribution in [0.15, 0.2) is 48.5 Å². The van der Waals surface area contributed by atoms with Gasteiger partial charge in [-0.3, -0.25) is 4.79 Å². The molecule has 0 unspecified atom stereocenters. The largest absolute Gasteiger partial charge is 0.497 e. The van der Waals surface area contributed by atoms with E-state index in [-0.39, 0.29) is 17.9 Å². The number of nitrogens with zero attached hydrogens (tertiary/aromatic N) is 1. The summed E-state index contributed by atoms with van der Waals surface area (Å²) in [4.78, 5) is 26.4. The van der Waals surface area contributed by atoms with Crippen molar-refractivity contribution < 1.29 is 19.1 Å². The summed E-state index contributed by atoms with van der Waals surface area (Å²) in [5, 5.41) is 2.97. The first-order valence-electron chi connectivity index (χ1n) is 10.1. The first kappa shape index (κ1) is 20.7. The second-order valence-electron chi connectivity index (χ2n) is 7.20. The Bertz CT molecular complexity index is 835. The van der Waals surface area contributed by atoms with Gasteiger partial charge in [0.25, 0.3) is 0 Å². The van der Waals surface area contributed by atoms with Gasteiger partial charge in [-0.2, -0.15) is 0 Å². The summed E-state index contributed by atoms with van der Waals surface area (Å²) in [5.74, 6) is 0.516. The van der Waals surface area contributed by atoms with Crippen molar-refractivity contribution in [1.29, 1.82) is 0 Å². The minimum atomic E-state index is -0.327. The number of ether oxygens (including phenoxy) is 2.